The molecule has 0 saturated heterocycles. The van der Waals surface area contributed by atoms with Crippen LogP contribution in [0.15, 0.2) is 36.7 Å². The topological polar surface area (TPSA) is 27.1 Å². The molecule has 1 aromatic carbocycles. The number of aromatic nitrogens is 2. The van der Waals surface area contributed by atoms with Crippen LogP contribution in [0.3, 0.4) is 0 Å². The molecule has 0 amide bonds. The van der Waals surface area contributed by atoms with E-state index < -0.39 is 12.4 Å². The quantitative estimate of drug-likeness (QED) is 0.777. The second kappa shape index (κ2) is 5.38. The van der Waals surface area contributed by atoms with Gasteiger partial charge in [0.2, 0.25) is 0 Å². The van der Waals surface area contributed by atoms with Crippen molar-refractivity contribution in [3.8, 4) is 5.75 Å². The first-order valence-corrected chi connectivity index (χ1v) is 5.86. The molecule has 0 aliphatic carbocycles. The second-order valence-electron chi connectivity index (χ2n) is 4.20. The number of halogens is 3. The third-order valence-electron chi connectivity index (χ3n) is 2.75. The zero-order valence-corrected chi connectivity index (χ0v) is 10.4. The minimum Gasteiger partial charge on any atom is -0.493 e. The molecule has 0 aliphatic rings. The molecule has 19 heavy (non-hydrogen) atoms. The Morgan fingerprint density at radius 2 is 2.11 bits per heavy atom. The fourth-order valence-corrected chi connectivity index (χ4v) is 1.71. The molecule has 2 aromatic rings. The van der Waals surface area contributed by atoms with Crippen molar-refractivity contribution >= 4 is 12.4 Å². The molecule has 0 N–H and O–H groups in total. The van der Waals surface area contributed by atoms with Crippen LogP contribution in [0.4, 0.5) is 12.9 Å². The van der Waals surface area contributed by atoms with Gasteiger partial charge >= 0.3 is 6.98 Å². The summed E-state index contributed by atoms with van der Waals surface area (Å²) in [5.74, 6) is 1.06. The molecule has 1 aromatic heterocycles. The lowest BCUT2D eigenvalue weighted by molar-refractivity contribution is 0.317. The summed E-state index contributed by atoms with van der Waals surface area (Å²) in [5.41, 5.74) is -0.644. The smallest absolute Gasteiger partial charge is 0.493 e. The first-order chi connectivity index (χ1) is 8.97. The van der Waals surface area contributed by atoms with Gasteiger partial charge in [-0.1, -0.05) is 12.1 Å². The van der Waals surface area contributed by atoms with Crippen LogP contribution < -0.4 is 10.2 Å². The van der Waals surface area contributed by atoms with Gasteiger partial charge < -0.3 is 22.3 Å². The molecule has 7 heteroatoms. The van der Waals surface area contributed by atoms with Gasteiger partial charge in [-0.15, -0.1) is 5.46 Å². The molecule has 0 spiro atoms. The zero-order chi connectivity index (χ0) is 13.9. The van der Waals surface area contributed by atoms with E-state index in [9.17, 15) is 12.9 Å². The number of rotatable bonds is 5. The molecule has 3 nitrogen and oxygen atoms in total. The molecule has 0 bridgehead atoms. The fraction of sp³-hybridized carbons (Fsp3) is 0.250. The van der Waals surface area contributed by atoms with E-state index in [1.54, 1.807) is 6.20 Å². The second-order valence-corrected chi connectivity index (χ2v) is 4.20. The highest BCUT2D eigenvalue weighted by Crippen LogP contribution is 2.14. The summed E-state index contributed by atoms with van der Waals surface area (Å²) in [5, 5.41) is 0. The van der Waals surface area contributed by atoms with E-state index in [1.807, 2.05) is 17.8 Å². The SMILES string of the molecule is Cn1ccnc1CCOc1cccc([B-](F)(F)F)c1. The first-order valence-electron chi connectivity index (χ1n) is 5.86. The van der Waals surface area contributed by atoms with Crippen LogP contribution in [0.1, 0.15) is 5.82 Å². The maximum absolute atomic E-state index is 12.6. The minimum absolute atomic E-state index is 0.228. The molecule has 1 heterocycles. The maximum Gasteiger partial charge on any atom is 0.509 e. The summed E-state index contributed by atoms with van der Waals surface area (Å²) in [6, 6.07) is 4.94. The van der Waals surface area contributed by atoms with Crippen molar-refractivity contribution in [1.82, 2.24) is 9.55 Å². The number of imidazole rings is 1. The molecule has 2 rings (SSSR count). The standard InChI is InChI=1S/C12H13BF3N2O/c1-18-7-6-17-12(18)5-8-19-11-4-2-3-10(9-11)13(14,15)16/h2-4,6-7,9H,5,8H2,1H3/q-1. The molecule has 0 saturated carbocycles. The van der Waals surface area contributed by atoms with E-state index in [4.69, 9.17) is 4.74 Å². The predicted octanol–water partition coefficient (Wildman–Crippen LogP) is 2.10. The summed E-state index contributed by atoms with van der Waals surface area (Å²) in [6.07, 6.45) is 4.02. The maximum atomic E-state index is 12.6. The number of nitrogens with zero attached hydrogens (tertiary/aromatic N) is 2. The van der Waals surface area contributed by atoms with Gasteiger partial charge in [0.05, 0.1) is 6.61 Å². The summed E-state index contributed by atoms with van der Waals surface area (Å²) in [4.78, 5) is 4.11. The van der Waals surface area contributed by atoms with E-state index in [1.165, 1.54) is 12.1 Å². The highest BCUT2D eigenvalue weighted by molar-refractivity contribution is 6.73. The molecule has 0 aliphatic heterocycles. The monoisotopic (exact) mass is 269 g/mol. The number of benzene rings is 1. The fourth-order valence-electron chi connectivity index (χ4n) is 1.71. The lowest BCUT2D eigenvalue weighted by atomic mass is 9.80. The summed E-state index contributed by atoms with van der Waals surface area (Å²) >= 11 is 0. The van der Waals surface area contributed by atoms with Gasteiger partial charge in [-0.3, -0.25) is 0 Å². The van der Waals surface area contributed by atoms with Crippen molar-refractivity contribution in [2.45, 2.75) is 6.42 Å². The van der Waals surface area contributed by atoms with E-state index >= 15 is 0 Å². The average molecular weight is 269 g/mol. The van der Waals surface area contributed by atoms with E-state index in [-0.39, 0.29) is 5.75 Å². The van der Waals surface area contributed by atoms with Crippen molar-refractivity contribution < 1.29 is 17.7 Å². The molecular formula is C12H13BF3N2O-. The van der Waals surface area contributed by atoms with Gasteiger partial charge in [0.25, 0.3) is 0 Å². The van der Waals surface area contributed by atoms with Gasteiger partial charge in [-0.2, -0.15) is 0 Å². The number of hydrogen-bond donors (Lipinski definition) is 0. The summed E-state index contributed by atoms with van der Waals surface area (Å²) < 4.78 is 44.9. The highest BCUT2D eigenvalue weighted by atomic mass is 19.4. The van der Waals surface area contributed by atoms with E-state index in [0.717, 1.165) is 18.0 Å². The van der Waals surface area contributed by atoms with Crippen LogP contribution in [0.2, 0.25) is 0 Å². The Morgan fingerprint density at radius 1 is 1.32 bits per heavy atom. The van der Waals surface area contributed by atoms with Crippen molar-refractivity contribution in [3.05, 3.63) is 42.5 Å². The third kappa shape index (κ3) is 3.53. The predicted molar refractivity (Wildman–Crippen MR) is 67.6 cm³/mol. The van der Waals surface area contributed by atoms with E-state index in [0.29, 0.717) is 13.0 Å². The molecule has 0 fully saturated rings. The van der Waals surface area contributed by atoms with Crippen LogP contribution in [0.5, 0.6) is 5.75 Å². The Balaban J connectivity index is 1.95. The van der Waals surface area contributed by atoms with Crippen molar-refractivity contribution in [2.75, 3.05) is 6.61 Å². The number of aryl methyl sites for hydroxylation is 1. The lowest BCUT2D eigenvalue weighted by Crippen LogP contribution is -2.33. The van der Waals surface area contributed by atoms with Crippen LogP contribution in [0, 0.1) is 0 Å². The van der Waals surface area contributed by atoms with Gasteiger partial charge in [0, 0.05) is 25.9 Å². The molecule has 0 radical (unpaired) electrons. The van der Waals surface area contributed by atoms with Gasteiger partial charge in [-0.05, 0) is 12.1 Å². The van der Waals surface area contributed by atoms with Crippen LogP contribution in [0.25, 0.3) is 0 Å². The highest BCUT2D eigenvalue weighted by Gasteiger charge is 2.25. The van der Waals surface area contributed by atoms with Gasteiger partial charge in [0.15, 0.2) is 0 Å². The zero-order valence-electron chi connectivity index (χ0n) is 10.4. The minimum atomic E-state index is -4.98. The van der Waals surface area contributed by atoms with Crippen molar-refractivity contribution in [2.24, 2.45) is 7.05 Å². The third-order valence-corrected chi connectivity index (χ3v) is 2.75. The molecular weight excluding hydrogens is 256 g/mol. The van der Waals surface area contributed by atoms with Crippen LogP contribution in [-0.4, -0.2) is 23.1 Å². The molecule has 0 atom stereocenters. The molecule has 102 valence electrons. The lowest BCUT2D eigenvalue weighted by Gasteiger charge is -2.16. The largest absolute Gasteiger partial charge is 0.509 e. The Bertz CT molecular complexity index is 554. The number of hydrogen-bond acceptors (Lipinski definition) is 2. The number of ether oxygens (including phenoxy) is 1. The Morgan fingerprint density at radius 3 is 2.74 bits per heavy atom. The summed E-state index contributed by atoms with van der Waals surface area (Å²) in [6.45, 7) is -4.69. The summed E-state index contributed by atoms with van der Waals surface area (Å²) in [7, 11) is 1.86. The van der Waals surface area contributed by atoms with Crippen molar-refractivity contribution in [3.63, 3.8) is 0 Å². The van der Waals surface area contributed by atoms with Crippen LogP contribution >= 0.6 is 0 Å². The Labute approximate surface area is 109 Å². The Hall–Kier alpha value is -1.92. The van der Waals surface area contributed by atoms with E-state index in [2.05, 4.69) is 4.98 Å². The normalized spacial score (nSPS) is 11.6. The average Bonchev–Trinajstić information content (AvgIpc) is 2.75. The van der Waals surface area contributed by atoms with Gasteiger partial charge in [-0.25, -0.2) is 4.98 Å². The van der Waals surface area contributed by atoms with Gasteiger partial charge in [0.1, 0.15) is 11.6 Å². The first kappa shape index (κ1) is 13.5. The Kier molecular flexibility index (Phi) is 3.83. The van der Waals surface area contributed by atoms with Crippen LogP contribution in [-0.2, 0) is 13.5 Å². The molecule has 0 unspecified atom stereocenters. The van der Waals surface area contributed by atoms with Crippen molar-refractivity contribution in [1.29, 1.82) is 0 Å².